The number of carbonyl (C=O) groups excluding carboxylic acids is 2. The molecule has 1 aliphatic heterocycles. The van der Waals surface area contributed by atoms with E-state index in [0.717, 1.165) is 6.26 Å². The van der Waals surface area contributed by atoms with E-state index in [1.165, 1.54) is 23.5 Å². The summed E-state index contributed by atoms with van der Waals surface area (Å²) in [5.41, 5.74) is 7.14. The quantitative estimate of drug-likeness (QED) is 0.427. The smallest absolute Gasteiger partial charge is 0.414 e. The van der Waals surface area contributed by atoms with Gasteiger partial charge in [-0.3, -0.25) is 13.9 Å². The number of cyclic esters (lactones) is 1. The van der Waals surface area contributed by atoms with Crippen LogP contribution in [0.1, 0.15) is 15.9 Å². The van der Waals surface area contributed by atoms with Gasteiger partial charge >= 0.3 is 6.09 Å². The van der Waals surface area contributed by atoms with Gasteiger partial charge < -0.3 is 14.9 Å². The minimum atomic E-state index is -3.62. The molecule has 0 saturated carbocycles. The van der Waals surface area contributed by atoms with Crippen molar-refractivity contribution >= 4 is 33.6 Å². The van der Waals surface area contributed by atoms with E-state index in [1.54, 1.807) is 24.3 Å². The van der Waals surface area contributed by atoms with Crippen LogP contribution in [0.5, 0.6) is 0 Å². The Morgan fingerprint density at radius 3 is 2.61 bits per heavy atom. The van der Waals surface area contributed by atoms with Crippen molar-refractivity contribution in [2.75, 3.05) is 24.3 Å². The Bertz CT molecular complexity index is 998. The Balaban J connectivity index is 1.67. The summed E-state index contributed by atoms with van der Waals surface area (Å²) in [6.45, 7) is -0.120. The number of anilines is 1. The second kappa shape index (κ2) is 7.82. The molecule has 28 heavy (non-hydrogen) atoms. The molecule has 1 saturated heterocycles. The number of hydrogen-bond acceptors (Lipinski definition) is 7. The molecular weight excluding hydrogens is 390 g/mol. The van der Waals surface area contributed by atoms with Crippen LogP contribution in [0.4, 0.5) is 10.5 Å². The highest BCUT2D eigenvalue weighted by molar-refractivity contribution is 7.85. The van der Waals surface area contributed by atoms with E-state index in [4.69, 9.17) is 14.9 Å². The van der Waals surface area contributed by atoms with Crippen LogP contribution in [0.2, 0.25) is 0 Å². The third-order valence-electron chi connectivity index (χ3n) is 3.81. The molecule has 3 rings (SSSR count). The van der Waals surface area contributed by atoms with Gasteiger partial charge in [-0.1, -0.05) is 0 Å². The summed E-state index contributed by atoms with van der Waals surface area (Å²) in [6, 6.07) is 7.90. The number of aliphatic imine (C=N–C) groups is 1. The lowest BCUT2D eigenvalue weighted by molar-refractivity contribution is 0.100. The number of rotatable bonds is 6. The topological polar surface area (TPSA) is 142 Å². The third-order valence-corrected chi connectivity index (χ3v) is 4.37. The summed E-state index contributed by atoms with van der Waals surface area (Å²) in [7, 11) is -3.62. The molecule has 148 valence electrons. The van der Waals surface area contributed by atoms with E-state index in [0.29, 0.717) is 11.3 Å². The number of nitrogens with two attached hydrogens (primary N) is 1. The van der Waals surface area contributed by atoms with Crippen LogP contribution in [0.25, 0.3) is 0 Å². The van der Waals surface area contributed by atoms with E-state index < -0.39 is 28.2 Å². The summed E-state index contributed by atoms with van der Waals surface area (Å²) in [5, 5.41) is 0. The lowest BCUT2D eigenvalue weighted by Crippen LogP contribution is -2.26. The monoisotopic (exact) mass is 407 g/mol. The van der Waals surface area contributed by atoms with Crippen LogP contribution in [0, 0.1) is 0 Å². The fraction of sp³-hybridized carbons (Fsp3) is 0.235. The predicted molar refractivity (Wildman–Crippen MR) is 98.6 cm³/mol. The van der Waals surface area contributed by atoms with E-state index in [9.17, 15) is 18.0 Å². The van der Waals surface area contributed by atoms with Crippen LogP contribution in [-0.4, -0.2) is 51.8 Å². The summed E-state index contributed by atoms with van der Waals surface area (Å²) < 4.78 is 36.7. The Kier molecular flexibility index (Phi) is 5.47. The third kappa shape index (κ3) is 4.75. The van der Waals surface area contributed by atoms with Crippen LogP contribution in [-0.2, 0) is 19.0 Å². The highest BCUT2D eigenvalue weighted by Gasteiger charge is 2.33. The molecule has 1 aromatic carbocycles. The van der Waals surface area contributed by atoms with Gasteiger partial charge in [0.25, 0.3) is 16.0 Å². The second-order valence-corrected chi connectivity index (χ2v) is 7.61. The molecular formula is C17H17N3O7S. The van der Waals surface area contributed by atoms with E-state index >= 15 is 0 Å². The lowest BCUT2D eigenvalue weighted by atomic mass is 10.1. The zero-order valence-electron chi connectivity index (χ0n) is 14.8. The zero-order chi connectivity index (χ0) is 20.3. The van der Waals surface area contributed by atoms with Crippen molar-refractivity contribution in [1.82, 2.24) is 0 Å². The molecule has 2 N–H and O–H groups in total. The molecule has 1 atom stereocenters. The van der Waals surface area contributed by atoms with Gasteiger partial charge in [-0.05, 0) is 30.3 Å². The summed E-state index contributed by atoms with van der Waals surface area (Å²) in [5.74, 6) is -0.520. The Hall–Kier alpha value is -3.18. The summed E-state index contributed by atoms with van der Waals surface area (Å²) in [6.07, 6.45) is 2.22. The van der Waals surface area contributed by atoms with E-state index in [1.807, 2.05) is 0 Å². The average Bonchev–Trinajstić information content (AvgIpc) is 3.29. The second-order valence-electron chi connectivity index (χ2n) is 5.97. The molecule has 0 radical (unpaired) electrons. The van der Waals surface area contributed by atoms with Crippen molar-refractivity contribution < 1.29 is 31.3 Å². The van der Waals surface area contributed by atoms with Crippen molar-refractivity contribution in [1.29, 1.82) is 0 Å². The summed E-state index contributed by atoms with van der Waals surface area (Å²) in [4.78, 5) is 29.1. The predicted octanol–water partition coefficient (Wildman–Crippen LogP) is 1.13. The van der Waals surface area contributed by atoms with Crippen molar-refractivity contribution in [3.63, 3.8) is 0 Å². The number of hydrogen-bond donors (Lipinski definition) is 1. The summed E-state index contributed by atoms with van der Waals surface area (Å²) >= 11 is 0. The molecule has 1 fully saturated rings. The molecule has 1 unspecified atom stereocenters. The van der Waals surface area contributed by atoms with Gasteiger partial charge in [0.15, 0.2) is 0 Å². The van der Waals surface area contributed by atoms with Crippen LogP contribution < -0.4 is 10.6 Å². The minimum Gasteiger partial charge on any atom is -0.472 e. The SMILES string of the molecule is CS(=O)(=O)OCC1CN(c2ccc(C(N)=NC(=O)c3ccoc3)cc2)C(=O)O1. The Morgan fingerprint density at radius 2 is 2.00 bits per heavy atom. The normalized spacial score (nSPS) is 17.6. The number of carbonyl (C=O) groups is 2. The van der Waals surface area contributed by atoms with E-state index in [-0.39, 0.29) is 24.6 Å². The molecule has 1 aromatic heterocycles. The molecule has 2 aromatic rings. The van der Waals surface area contributed by atoms with Crippen LogP contribution in [0.15, 0.2) is 52.3 Å². The number of amides is 2. The lowest BCUT2D eigenvalue weighted by Gasteiger charge is -2.13. The van der Waals surface area contributed by atoms with Crippen molar-refractivity contribution in [2.45, 2.75) is 6.10 Å². The van der Waals surface area contributed by atoms with Gasteiger partial charge in [0.05, 0.1) is 24.6 Å². The molecule has 0 bridgehead atoms. The molecule has 10 nitrogen and oxygen atoms in total. The van der Waals surface area contributed by atoms with Gasteiger partial charge in [-0.15, -0.1) is 0 Å². The van der Waals surface area contributed by atoms with Crippen LogP contribution in [0.3, 0.4) is 0 Å². The van der Waals surface area contributed by atoms with Crippen LogP contribution >= 0.6 is 0 Å². The van der Waals surface area contributed by atoms with Gasteiger partial charge in [0.1, 0.15) is 24.8 Å². The van der Waals surface area contributed by atoms with Crippen molar-refractivity contribution in [3.05, 3.63) is 54.0 Å². The fourth-order valence-electron chi connectivity index (χ4n) is 2.46. The first-order chi connectivity index (χ1) is 13.2. The highest BCUT2D eigenvalue weighted by atomic mass is 32.2. The number of nitrogens with zero attached hydrogens (tertiary/aromatic N) is 2. The van der Waals surface area contributed by atoms with Crippen molar-refractivity contribution in [3.8, 4) is 0 Å². The average molecular weight is 407 g/mol. The maximum absolute atomic E-state index is 12.0. The zero-order valence-corrected chi connectivity index (χ0v) is 15.6. The molecule has 0 spiro atoms. The standard InChI is InChI=1S/C17H17N3O7S/c1-28(23,24)26-10-14-8-20(17(22)27-14)13-4-2-11(3-5-13)15(18)19-16(21)12-6-7-25-9-12/h2-7,9,14H,8,10H2,1H3,(H2,18,19,21). The molecule has 0 aliphatic carbocycles. The largest absolute Gasteiger partial charge is 0.472 e. The maximum Gasteiger partial charge on any atom is 0.414 e. The molecule has 2 amide bonds. The Labute approximate surface area is 160 Å². The number of benzene rings is 1. The molecule has 2 heterocycles. The minimum absolute atomic E-state index is 0.0150. The first-order valence-corrected chi connectivity index (χ1v) is 9.88. The van der Waals surface area contributed by atoms with Crippen molar-refractivity contribution in [2.24, 2.45) is 10.7 Å². The number of furan rings is 1. The van der Waals surface area contributed by atoms with Gasteiger partial charge in [-0.2, -0.15) is 13.4 Å². The highest BCUT2D eigenvalue weighted by Crippen LogP contribution is 2.22. The number of amidine groups is 1. The van der Waals surface area contributed by atoms with E-state index in [2.05, 4.69) is 9.18 Å². The first-order valence-electron chi connectivity index (χ1n) is 8.06. The first kappa shape index (κ1) is 19.6. The number of ether oxygens (including phenoxy) is 1. The molecule has 11 heteroatoms. The molecule has 1 aliphatic rings. The maximum atomic E-state index is 12.0. The Morgan fingerprint density at radius 1 is 1.29 bits per heavy atom. The fourth-order valence-corrected chi connectivity index (χ4v) is 2.85. The van der Waals surface area contributed by atoms with Gasteiger partial charge in [-0.25, -0.2) is 4.79 Å². The van der Waals surface area contributed by atoms with Gasteiger partial charge in [0, 0.05) is 11.3 Å². The van der Waals surface area contributed by atoms with Gasteiger partial charge in [0.2, 0.25) is 0 Å².